The Kier molecular flexibility index (Phi) is 4.98. The average molecular weight is 598 g/mol. The van der Waals surface area contributed by atoms with Crippen LogP contribution in [0.5, 0.6) is 0 Å². The molecule has 0 saturated carbocycles. The Morgan fingerprint density at radius 3 is 1.87 bits per heavy atom. The van der Waals surface area contributed by atoms with Crippen LogP contribution in [0, 0.1) is 0 Å². The molecule has 47 heavy (non-hydrogen) atoms. The molecule has 0 fully saturated rings. The molecule has 2 aliphatic carbocycles. The second kappa shape index (κ2) is 9.28. The van der Waals surface area contributed by atoms with Gasteiger partial charge in [0.15, 0.2) is 0 Å². The third kappa shape index (κ3) is 3.37. The van der Waals surface area contributed by atoms with Crippen LogP contribution in [0.1, 0.15) is 11.1 Å². The molecular formula is C43H28BN3. The summed E-state index contributed by atoms with van der Waals surface area (Å²) in [4.78, 5) is 5.00. The number of hydrogen-bond acceptors (Lipinski definition) is 2. The molecule has 7 aromatic carbocycles. The summed E-state index contributed by atoms with van der Waals surface area (Å²) in [5, 5.41) is 2.53. The molecule has 2 bridgehead atoms. The highest BCUT2D eigenvalue weighted by Crippen LogP contribution is 2.46. The van der Waals surface area contributed by atoms with Crippen molar-refractivity contribution in [2.45, 2.75) is 6.42 Å². The number of rotatable bonds is 3. The van der Waals surface area contributed by atoms with Gasteiger partial charge in [-0.25, -0.2) is 0 Å². The van der Waals surface area contributed by atoms with Crippen LogP contribution < -0.4 is 26.2 Å². The van der Waals surface area contributed by atoms with Crippen molar-refractivity contribution in [1.29, 1.82) is 0 Å². The number of benzene rings is 7. The van der Waals surface area contributed by atoms with Gasteiger partial charge in [-0.15, -0.1) is 0 Å². The first-order chi connectivity index (χ1) is 23.3. The Balaban J connectivity index is 1.20. The van der Waals surface area contributed by atoms with Crippen LogP contribution in [0.2, 0.25) is 0 Å². The maximum atomic E-state index is 2.51. The number of hydrogen-bond donors (Lipinski definition) is 0. The van der Waals surface area contributed by atoms with Gasteiger partial charge in [-0.3, -0.25) is 0 Å². The quantitative estimate of drug-likeness (QED) is 0.189. The molecular weight excluding hydrogens is 569 g/mol. The average Bonchev–Trinajstić information content (AvgIpc) is 3.45. The third-order valence-corrected chi connectivity index (χ3v) is 10.5. The predicted octanol–water partition coefficient (Wildman–Crippen LogP) is 8.77. The van der Waals surface area contributed by atoms with Crippen LogP contribution in [0.15, 0.2) is 158 Å². The zero-order chi connectivity index (χ0) is 30.6. The van der Waals surface area contributed by atoms with E-state index in [9.17, 15) is 0 Å². The second-order valence-corrected chi connectivity index (χ2v) is 13.0. The van der Waals surface area contributed by atoms with E-state index >= 15 is 0 Å². The highest BCUT2D eigenvalue weighted by Gasteiger charge is 2.45. The van der Waals surface area contributed by atoms with E-state index in [4.69, 9.17) is 0 Å². The van der Waals surface area contributed by atoms with Crippen molar-refractivity contribution in [1.82, 2.24) is 4.57 Å². The number of aromatic nitrogens is 1. The fourth-order valence-electron chi connectivity index (χ4n) is 8.58. The first-order valence-electron chi connectivity index (χ1n) is 16.4. The fraction of sp³-hybridized carbons (Fsp3) is 0.0233. The lowest BCUT2D eigenvalue weighted by Crippen LogP contribution is -2.62. The van der Waals surface area contributed by atoms with Crippen LogP contribution in [0.4, 0.5) is 34.1 Å². The van der Waals surface area contributed by atoms with Crippen LogP contribution >= 0.6 is 0 Å². The lowest BCUT2D eigenvalue weighted by molar-refractivity contribution is 1.09. The summed E-state index contributed by atoms with van der Waals surface area (Å²) in [5.74, 6) is 0. The van der Waals surface area contributed by atoms with Crippen molar-refractivity contribution in [2.75, 3.05) is 9.80 Å². The van der Waals surface area contributed by atoms with Crippen molar-refractivity contribution in [2.24, 2.45) is 0 Å². The number of nitrogens with zero attached hydrogens (tertiary/aromatic N) is 3. The molecule has 0 atom stereocenters. The van der Waals surface area contributed by atoms with E-state index in [-0.39, 0.29) is 6.71 Å². The molecule has 0 amide bonds. The molecule has 0 radical (unpaired) electrons. The van der Waals surface area contributed by atoms with E-state index in [1.807, 2.05) is 0 Å². The van der Waals surface area contributed by atoms with Crippen LogP contribution in [-0.4, -0.2) is 11.3 Å². The minimum Gasteiger partial charge on any atom is -0.311 e. The first-order valence-corrected chi connectivity index (χ1v) is 16.4. The van der Waals surface area contributed by atoms with Gasteiger partial charge in [0.1, 0.15) is 0 Å². The molecule has 2 aliphatic heterocycles. The van der Waals surface area contributed by atoms with Crippen LogP contribution in [-0.2, 0) is 6.42 Å². The van der Waals surface area contributed by atoms with E-state index in [2.05, 4.69) is 172 Å². The van der Waals surface area contributed by atoms with E-state index in [1.54, 1.807) is 0 Å². The number of para-hydroxylation sites is 4. The zero-order valence-electron chi connectivity index (χ0n) is 25.6. The zero-order valence-corrected chi connectivity index (χ0v) is 25.6. The highest BCUT2D eigenvalue weighted by molar-refractivity contribution is 7.00. The molecule has 0 spiro atoms. The molecule has 12 rings (SSSR count). The number of anilines is 6. The summed E-state index contributed by atoms with van der Waals surface area (Å²) in [5.41, 5.74) is 18.1. The van der Waals surface area contributed by atoms with Crippen LogP contribution in [0.3, 0.4) is 0 Å². The normalized spacial score (nSPS) is 13.7. The minimum absolute atomic E-state index is 0.174. The van der Waals surface area contributed by atoms with Crippen molar-refractivity contribution in [3.05, 3.63) is 169 Å². The summed E-state index contributed by atoms with van der Waals surface area (Å²) < 4.78 is 2.41. The monoisotopic (exact) mass is 597 g/mol. The molecule has 3 heterocycles. The number of fused-ring (bicyclic) bond motifs is 5. The molecule has 4 aliphatic rings. The van der Waals surface area contributed by atoms with Gasteiger partial charge in [0.25, 0.3) is 6.71 Å². The van der Waals surface area contributed by atoms with Gasteiger partial charge >= 0.3 is 0 Å². The van der Waals surface area contributed by atoms with E-state index in [0.29, 0.717) is 0 Å². The fourth-order valence-corrected chi connectivity index (χ4v) is 8.58. The summed E-state index contributed by atoms with van der Waals surface area (Å²) in [7, 11) is 0. The molecule has 4 heteroatoms. The lowest BCUT2D eigenvalue weighted by Gasteiger charge is -2.46. The molecule has 218 valence electrons. The van der Waals surface area contributed by atoms with Crippen molar-refractivity contribution < 1.29 is 0 Å². The van der Waals surface area contributed by atoms with Crippen molar-refractivity contribution in [3.8, 4) is 5.69 Å². The second-order valence-electron chi connectivity index (χ2n) is 13.0. The molecule has 0 N–H and O–H groups in total. The SMILES string of the molecule is c1ccc(N2c3cc4cc(c3B3c5ccccc5N(c5ccc6c7ccccc7n(-c7ccccc7)c6c5)c5cccc2c53)C4)cc1. The van der Waals surface area contributed by atoms with E-state index < -0.39 is 0 Å². The maximum absolute atomic E-state index is 2.51. The minimum atomic E-state index is 0.174. The summed E-state index contributed by atoms with van der Waals surface area (Å²) >= 11 is 0. The van der Waals surface area contributed by atoms with Crippen LogP contribution in [0.25, 0.3) is 27.5 Å². The van der Waals surface area contributed by atoms with Gasteiger partial charge in [0, 0.05) is 50.6 Å². The topological polar surface area (TPSA) is 11.4 Å². The summed E-state index contributed by atoms with van der Waals surface area (Å²) in [6.45, 7) is 0.174. The Hall–Kier alpha value is -6.00. The van der Waals surface area contributed by atoms with E-state index in [0.717, 1.165) is 12.1 Å². The van der Waals surface area contributed by atoms with Gasteiger partial charge in [0.2, 0.25) is 0 Å². The lowest BCUT2D eigenvalue weighted by atomic mass is 9.32. The smallest absolute Gasteiger partial charge is 0.252 e. The largest absolute Gasteiger partial charge is 0.311 e. The highest BCUT2D eigenvalue weighted by atomic mass is 15.2. The third-order valence-electron chi connectivity index (χ3n) is 10.5. The molecule has 0 unspecified atom stereocenters. The van der Waals surface area contributed by atoms with Gasteiger partial charge in [0.05, 0.1) is 11.0 Å². The first kappa shape index (κ1) is 25.2. The Morgan fingerprint density at radius 2 is 1.06 bits per heavy atom. The van der Waals surface area contributed by atoms with Gasteiger partial charge < -0.3 is 14.4 Å². The van der Waals surface area contributed by atoms with E-state index in [1.165, 1.54) is 83.4 Å². The standard InChI is InChI=1S/C43H28BN3/c1-3-12-30(13-4-1)45-36-18-9-7-16-33(36)34-23-22-32(27-40(34)45)47-37-19-10-8-17-35(37)44-42-29-24-28(25-29)26-41(42)46(31-14-5-2-6-15-31)38-20-11-21-39(47)43(38)44/h1-24,26-27H,25H2. The Labute approximate surface area is 273 Å². The Morgan fingerprint density at radius 1 is 0.426 bits per heavy atom. The summed E-state index contributed by atoms with van der Waals surface area (Å²) in [6.07, 6.45) is 1.06. The molecule has 1 aromatic heterocycles. The predicted molar refractivity (Wildman–Crippen MR) is 198 cm³/mol. The van der Waals surface area contributed by atoms with Gasteiger partial charge in [-0.05, 0) is 101 Å². The molecule has 8 aromatic rings. The molecule has 0 saturated heterocycles. The van der Waals surface area contributed by atoms with Crippen molar-refractivity contribution in [3.63, 3.8) is 0 Å². The Bertz CT molecular complexity index is 2570. The maximum Gasteiger partial charge on any atom is 0.252 e. The summed E-state index contributed by atoms with van der Waals surface area (Å²) in [6, 6.07) is 58.2. The molecule has 3 nitrogen and oxygen atoms in total. The van der Waals surface area contributed by atoms with Gasteiger partial charge in [-0.2, -0.15) is 0 Å². The van der Waals surface area contributed by atoms with Gasteiger partial charge in [-0.1, -0.05) is 91.0 Å². The van der Waals surface area contributed by atoms with Crippen molar-refractivity contribution >= 4 is 79.0 Å².